The fourth-order valence-electron chi connectivity index (χ4n) is 14.3. The minimum atomic E-state index is -1.66. The lowest BCUT2D eigenvalue weighted by atomic mass is 9.44. The topological polar surface area (TPSA) is 269 Å². The summed E-state index contributed by atoms with van der Waals surface area (Å²) in [7, 11) is 4.57. The summed E-state index contributed by atoms with van der Waals surface area (Å²) >= 11 is 0. The second-order valence-electron chi connectivity index (χ2n) is 22.0. The van der Waals surface area contributed by atoms with Crippen LogP contribution in [0.25, 0.3) is 0 Å². The molecule has 4 aliphatic heterocycles. The fraction of sp³-hybridized carbons (Fsp3) is 0.940. The van der Waals surface area contributed by atoms with Gasteiger partial charge in [0.15, 0.2) is 25.2 Å². The molecule has 7 N–H and O–H groups in total. The highest BCUT2D eigenvalue weighted by molar-refractivity contribution is 5.66. The molecule has 7 fully saturated rings. The molecule has 27 atom stereocenters. The van der Waals surface area contributed by atoms with Crippen molar-refractivity contribution in [2.75, 3.05) is 27.9 Å². The molecule has 0 spiro atoms. The third-order valence-electron chi connectivity index (χ3n) is 18.2. The van der Waals surface area contributed by atoms with Gasteiger partial charge in [0, 0.05) is 46.5 Å². The van der Waals surface area contributed by atoms with E-state index >= 15 is 0 Å². The Bertz CT molecular complexity index is 1800. The second-order valence-corrected chi connectivity index (χ2v) is 22.0. The van der Waals surface area contributed by atoms with Crippen molar-refractivity contribution in [2.24, 2.45) is 28.6 Å². The van der Waals surface area contributed by atoms with Gasteiger partial charge in [0.2, 0.25) is 0 Å². The van der Waals surface area contributed by atoms with Gasteiger partial charge in [-0.1, -0.05) is 25.5 Å². The number of allylic oxidation sites excluding steroid dienone is 1. The number of esters is 1. The largest absolute Gasteiger partial charge is 0.462 e. The third-order valence-corrected chi connectivity index (χ3v) is 18.2. The first-order chi connectivity index (χ1) is 33.1. The maximum Gasteiger partial charge on any atom is 0.302 e. The molecule has 20 nitrogen and oxygen atoms in total. The van der Waals surface area contributed by atoms with E-state index in [9.17, 15) is 40.5 Å². The van der Waals surface area contributed by atoms with Crippen molar-refractivity contribution >= 4 is 5.97 Å². The molecule has 0 radical (unpaired) electrons. The average Bonchev–Trinajstić information content (AvgIpc) is 3.61. The van der Waals surface area contributed by atoms with Gasteiger partial charge in [-0.05, 0) is 95.8 Å². The van der Waals surface area contributed by atoms with Gasteiger partial charge < -0.3 is 92.6 Å². The lowest BCUT2D eigenvalue weighted by Gasteiger charge is -2.63. The first-order valence-electron chi connectivity index (χ1n) is 25.6. The van der Waals surface area contributed by atoms with Crippen LogP contribution < -0.4 is 0 Å². The van der Waals surface area contributed by atoms with Crippen molar-refractivity contribution in [3.05, 3.63) is 11.6 Å². The van der Waals surface area contributed by atoms with Gasteiger partial charge in [-0.3, -0.25) is 4.79 Å². The molecule has 1 unspecified atom stereocenters. The van der Waals surface area contributed by atoms with Crippen LogP contribution in [0, 0.1) is 28.6 Å². The number of rotatable bonds is 14. The van der Waals surface area contributed by atoms with E-state index in [-0.39, 0.29) is 41.7 Å². The maximum absolute atomic E-state index is 12.7. The summed E-state index contributed by atoms with van der Waals surface area (Å²) in [5.74, 6) is -0.472. The predicted molar refractivity (Wildman–Crippen MR) is 243 cm³/mol. The smallest absolute Gasteiger partial charge is 0.302 e. The lowest BCUT2D eigenvalue weighted by Crippen LogP contribution is -2.67. The Morgan fingerprint density at radius 1 is 0.729 bits per heavy atom. The molecule has 20 heteroatoms. The quantitative estimate of drug-likeness (QED) is 0.0957. The zero-order chi connectivity index (χ0) is 50.8. The molecule has 0 aromatic heterocycles. The molecule has 0 amide bonds. The van der Waals surface area contributed by atoms with Gasteiger partial charge in [-0.25, -0.2) is 0 Å². The molecular weight excluding hydrogens is 921 g/mol. The first-order valence-corrected chi connectivity index (χ1v) is 25.6. The number of hydrogen-bond acceptors (Lipinski definition) is 20. The highest BCUT2D eigenvalue weighted by Gasteiger charge is 2.71. The SMILES string of the molecule is CO[C@@H]1[C@@H](O)[C@H](O[C@@H]2[C@@H](OC)C[C@H](O[C@@H]3[C@@H](OC)C[C@H](O[C@H]4CC[C@@]5(C)C(=CC[C@@H]6[C@@H]5C[C@@H](OC(C)=O)[C@]5(C)[C@@H](C(C)O)CC[C@]65O)C4)O[C@@H]3C)O[C@@H]2C)O[C@H](C)[C@H]1O[C@@H]1O[C@H](CO)[C@@H](O)[C@H](O)[C@H]1O. The summed E-state index contributed by atoms with van der Waals surface area (Å²) in [5, 5.41) is 75.8. The van der Waals surface area contributed by atoms with E-state index < -0.39 is 140 Å². The average molecular weight is 1000 g/mol. The molecule has 70 heavy (non-hydrogen) atoms. The van der Waals surface area contributed by atoms with Gasteiger partial charge in [-0.2, -0.15) is 0 Å². The summed E-state index contributed by atoms with van der Waals surface area (Å²) in [6.45, 7) is 12.3. The molecule has 8 rings (SSSR count). The Morgan fingerprint density at radius 3 is 1.93 bits per heavy atom. The molecule has 4 aliphatic carbocycles. The number of carbonyl (C=O) groups is 1. The Morgan fingerprint density at radius 2 is 1.33 bits per heavy atom. The Labute approximate surface area is 411 Å². The van der Waals surface area contributed by atoms with Crippen molar-refractivity contribution in [1.82, 2.24) is 0 Å². The van der Waals surface area contributed by atoms with Crippen LogP contribution >= 0.6 is 0 Å². The summed E-state index contributed by atoms with van der Waals surface area (Å²) in [6, 6.07) is 0. The number of ether oxygens (including phenoxy) is 12. The fourth-order valence-corrected chi connectivity index (χ4v) is 14.3. The standard InChI is InChI=1S/C50H82O20/c1-22(52)29-14-16-50(58)30-12-11-27-17-28(13-15-48(27,6)31(30)18-35(49(29,50)7)65-26(5)53)66-36-19-32(59-8)42(23(2)62-36)68-37-20-33(60-9)43(24(3)63-37)69-47-41(57)45(61-10)44(25(4)64-47)70-46-40(56)39(55)38(54)34(21-51)67-46/h11,22-25,28-47,51-52,54-58H,12-21H2,1-10H3/t22?,23-,24-,25-,28+,29-,30-,31+,32+,33+,34-,35-,36+,37+,38-,39+,40-,41-,42+,43+,44-,45-,46+,47+,48+,49+,50+/m1/s1. The molecule has 402 valence electrons. The molecule has 4 heterocycles. The number of aliphatic hydroxyl groups excluding tert-OH is 6. The van der Waals surface area contributed by atoms with Crippen LogP contribution in [0.2, 0.25) is 0 Å². The molecule has 8 aliphatic rings. The van der Waals surface area contributed by atoms with Crippen LogP contribution in [-0.2, 0) is 61.6 Å². The predicted octanol–water partition coefficient (Wildman–Crippen LogP) is 1.36. The van der Waals surface area contributed by atoms with Crippen LogP contribution in [0.15, 0.2) is 11.6 Å². The lowest BCUT2D eigenvalue weighted by molar-refractivity contribution is -0.373. The summed E-state index contributed by atoms with van der Waals surface area (Å²) in [6.07, 6.45) is -10.9. The van der Waals surface area contributed by atoms with E-state index in [2.05, 4.69) is 13.0 Å². The van der Waals surface area contributed by atoms with Gasteiger partial charge in [0.05, 0.1) is 54.9 Å². The van der Waals surface area contributed by atoms with E-state index in [1.54, 1.807) is 28.1 Å². The molecule has 0 aromatic carbocycles. The van der Waals surface area contributed by atoms with E-state index in [1.165, 1.54) is 19.6 Å². The number of aliphatic hydroxyl groups is 7. The summed E-state index contributed by atoms with van der Waals surface area (Å²) < 4.78 is 74.0. The van der Waals surface area contributed by atoms with Crippen LogP contribution in [0.1, 0.15) is 106 Å². The van der Waals surface area contributed by atoms with Gasteiger partial charge in [0.1, 0.15) is 61.0 Å². The molecule has 3 saturated carbocycles. The Balaban J connectivity index is 0.857. The monoisotopic (exact) mass is 1000 g/mol. The number of hydrogen-bond donors (Lipinski definition) is 7. The zero-order valence-corrected chi connectivity index (χ0v) is 42.4. The van der Waals surface area contributed by atoms with Crippen LogP contribution in [-0.4, -0.2) is 204 Å². The highest BCUT2D eigenvalue weighted by atomic mass is 16.8. The van der Waals surface area contributed by atoms with Crippen LogP contribution in [0.3, 0.4) is 0 Å². The molecular formula is C50H82O20. The molecule has 4 saturated heterocycles. The number of fused-ring (bicyclic) bond motifs is 5. The van der Waals surface area contributed by atoms with Gasteiger partial charge in [0.25, 0.3) is 0 Å². The van der Waals surface area contributed by atoms with Crippen molar-refractivity contribution in [3.63, 3.8) is 0 Å². The Hall–Kier alpha value is -1.51. The minimum Gasteiger partial charge on any atom is -0.462 e. The summed E-state index contributed by atoms with van der Waals surface area (Å²) in [4.78, 5) is 12.5. The van der Waals surface area contributed by atoms with E-state index in [0.717, 1.165) is 19.3 Å². The van der Waals surface area contributed by atoms with Crippen molar-refractivity contribution in [3.8, 4) is 0 Å². The van der Waals surface area contributed by atoms with Gasteiger partial charge in [-0.15, -0.1) is 0 Å². The van der Waals surface area contributed by atoms with Gasteiger partial charge >= 0.3 is 5.97 Å². The van der Waals surface area contributed by atoms with Crippen molar-refractivity contribution in [2.45, 2.75) is 241 Å². The highest BCUT2D eigenvalue weighted by Crippen LogP contribution is 2.69. The second kappa shape index (κ2) is 21.6. The Kier molecular flexibility index (Phi) is 16.9. The van der Waals surface area contributed by atoms with Crippen molar-refractivity contribution < 1.29 is 97.4 Å². The molecule has 0 bridgehead atoms. The van der Waals surface area contributed by atoms with Crippen LogP contribution in [0.4, 0.5) is 0 Å². The van der Waals surface area contributed by atoms with Crippen molar-refractivity contribution in [1.29, 1.82) is 0 Å². The van der Waals surface area contributed by atoms with E-state index in [1.807, 2.05) is 20.8 Å². The minimum absolute atomic E-state index is 0.0203. The number of carbonyl (C=O) groups excluding carboxylic acids is 1. The first kappa shape index (κ1) is 54.7. The van der Waals surface area contributed by atoms with Crippen LogP contribution in [0.5, 0.6) is 0 Å². The maximum atomic E-state index is 12.7. The number of methoxy groups -OCH3 is 3. The molecule has 0 aromatic rings. The third kappa shape index (κ3) is 9.81. The zero-order valence-electron chi connectivity index (χ0n) is 42.4. The normalized spacial score (nSPS) is 52.2. The van der Waals surface area contributed by atoms with E-state index in [4.69, 9.17) is 56.8 Å². The van der Waals surface area contributed by atoms with E-state index in [0.29, 0.717) is 32.1 Å². The summed E-state index contributed by atoms with van der Waals surface area (Å²) in [5.41, 5.74) is -0.751.